The van der Waals surface area contributed by atoms with Crippen molar-refractivity contribution in [2.24, 2.45) is 0 Å². The van der Waals surface area contributed by atoms with Crippen molar-refractivity contribution in [3.63, 3.8) is 0 Å². The summed E-state index contributed by atoms with van der Waals surface area (Å²) in [5.41, 5.74) is 0.605. The smallest absolute Gasteiger partial charge is 0.261 e. The quantitative estimate of drug-likeness (QED) is 0.518. The predicted molar refractivity (Wildman–Crippen MR) is 113 cm³/mol. The van der Waals surface area contributed by atoms with E-state index in [4.69, 9.17) is 34.8 Å². The predicted octanol–water partition coefficient (Wildman–Crippen LogP) is 5.70. The molecule has 0 aliphatic rings. The van der Waals surface area contributed by atoms with Crippen molar-refractivity contribution < 1.29 is 13.2 Å². The fraction of sp³-hybridized carbons (Fsp3) is 0. The SMILES string of the molecule is O=C(Nc1cccc(Cl)c1)c1cc(Cl)ccc1NS(=O)(=O)c1ccc(Cl)cc1. The normalized spacial score (nSPS) is 11.1. The molecule has 0 radical (unpaired) electrons. The van der Waals surface area contributed by atoms with Gasteiger partial charge in [0.2, 0.25) is 0 Å². The lowest BCUT2D eigenvalue weighted by atomic mass is 10.1. The van der Waals surface area contributed by atoms with Gasteiger partial charge in [0.1, 0.15) is 0 Å². The van der Waals surface area contributed by atoms with Crippen molar-refractivity contribution in [3.05, 3.63) is 87.4 Å². The maximum absolute atomic E-state index is 12.7. The first-order chi connectivity index (χ1) is 13.2. The molecule has 0 unspecified atom stereocenters. The van der Waals surface area contributed by atoms with Crippen LogP contribution in [0, 0.1) is 0 Å². The van der Waals surface area contributed by atoms with Crippen LogP contribution in [0.5, 0.6) is 0 Å². The average Bonchev–Trinajstić information content (AvgIpc) is 2.63. The van der Waals surface area contributed by atoms with Gasteiger partial charge in [0.05, 0.1) is 16.1 Å². The van der Waals surface area contributed by atoms with E-state index in [0.717, 1.165) is 0 Å². The number of hydrogen-bond donors (Lipinski definition) is 2. The third-order valence-electron chi connectivity index (χ3n) is 3.68. The van der Waals surface area contributed by atoms with Crippen LogP contribution in [0.3, 0.4) is 0 Å². The molecule has 0 saturated carbocycles. The van der Waals surface area contributed by atoms with Gasteiger partial charge in [-0.1, -0.05) is 40.9 Å². The Kier molecular flexibility index (Phi) is 6.15. The molecular weight excluding hydrogens is 443 g/mol. The van der Waals surface area contributed by atoms with Crippen LogP contribution in [0.25, 0.3) is 0 Å². The number of rotatable bonds is 5. The van der Waals surface area contributed by atoms with E-state index in [1.54, 1.807) is 24.3 Å². The fourth-order valence-electron chi connectivity index (χ4n) is 2.38. The van der Waals surface area contributed by atoms with Crippen LogP contribution in [0.15, 0.2) is 71.6 Å². The number of halogens is 3. The van der Waals surface area contributed by atoms with Gasteiger partial charge < -0.3 is 5.32 Å². The second kappa shape index (κ2) is 8.41. The molecule has 3 rings (SSSR count). The van der Waals surface area contributed by atoms with Crippen molar-refractivity contribution in [2.45, 2.75) is 4.90 Å². The van der Waals surface area contributed by atoms with Gasteiger partial charge in [-0.05, 0) is 60.7 Å². The first-order valence-corrected chi connectivity index (χ1v) is 10.5. The summed E-state index contributed by atoms with van der Waals surface area (Å²) in [5.74, 6) is -0.543. The minimum Gasteiger partial charge on any atom is -0.322 e. The zero-order valence-electron chi connectivity index (χ0n) is 14.1. The van der Waals surface area contributed by atoms with Gasteiger partial charge in [0.15, 0.2) is 0 Å². The first kappa shape index (κ1) is 20.5. The summed E-state index contributed by atoms with van der Waals surface area (Å²) >= 11 is 17.7. The van der Waals surface area contributed by atoms with Gasteiger partial charge in [-0.3, -0.25) is 9.52 Å². The Labute approximate surface area is 177 Å². The monoisotopic (exact) mass is 454 g/mol. The summed E-state index contributed by atoms with van der Waals surface area (Å²) in [6.45, 7) is 0. The molecule has 0 saturated heterocycles. The lowest BCUT2D eigenvalue weighted by Gasteiger charge is -2.13. The third-order valence-corrected chi connectivity index (χ3v) is 5.78. The molecule has 9 heteroatoms. The van der Waals surface area contributed by atoms with Crippen LogP contribution in [0.1, 0.15) is 10.4 Å². The van der Waals surface area contributed by atoms with Crippen molar-refractivity contribution in [2.75, 3.05) is 10.0 Å². The zero-order valence-corrected chi connectivity index (χ0v) is 17.2. The summed E-state index contributed by atoms with van der Waals surface area (Å²) in [7, 11) is -3.93. The molecule has 3 aromatic carbocycles. The summed E-state index contributed by atoms with van der Waals surface area (Å²) < 4.78 is 27.7. The van der Waals surface area contributed by atoms with E-state index < -0.39 is 15.9 Å². The molecule has 3 aromatic rings. The highest BCUT2D eigenvalue weighted by Crippen LogP contribution is 2.26. The lowest BCUT2D eigenvalue weighted by Crippen LogP contribution is -2.18. The van der Waals surface area contributed by atoms with Gasteiger partial charge in [-0.25, -0.2) is 8.42 Å². The molecule has 0 aromatic heterocycles. The van der Waals surface area contributed by atoms with Crippen molar-refractivity contribution in [1.29, 1.82) is 0 Å². The molecule has 0 aliphatic carbocycles. The Bertz CT molecular complexity index is 1130. The summed E-state index contributed by atoms with van der Waals surface area (Å²) in [4.78, 5) is 12.7. The van der Waals surface area contributed by atoms with E-state index in [-0.39, 0.29) is 21.2 Å². The second-order valence-electron chi connectivity index (χ2n) is 5.71. The Balaban J connectivity index is 1.92. The highest BCUT2D eigenvalue weighted by atomic mass is 35.5. The van der Waals surface area contributed by atoms with Gasteiger partial charge in [-0.2, -0.15) is 0 Å². The maximum Gasteiger partial charge on any atom is 0.261 e. The van der Waals surface area contributed by atoms with E-state index in [1.807, 2.05) is 0 Å². The van der Waals surface area contributed by atoms with E-state index in [0.29, 0.717) is 15.7 Å². The molecule has 0 fully saturated rings. The van der Waals surface area contributed by atoms with Crippen LogP contribution < -0.4 is 10.0 Å². The van der Waals surface area contributed by atoms with Crippen LogP contribution in [0.2, 0.25) is 15.1 Å². The lowest BCUT2D eigenvalue weighted by molar-refractivity contribution is 0.102. The third kappa shape index (κ3) is 4.97. The Morgan fingerprint density at radius 1 is 0.786 bits per heavy atom. The second-order valence-corrected chi connectivity index (χ2v) is 8.71. The minimum absolute atomic E-state index is 0.00745. The molecular formula is C19H13Cl3N2O3S. The number of sulfonamides is 1. The average molecular weight is 456 g/mol. The van der Waals surface area contributed by atoms with Gasteiger partial charge >= 0.3 is 0 Å². The number of anilines is 2. The number of carbonyl (C=O) groups excluding carboxylic acids is 1. The molecule has 1 amide bonds. The zero-order chi connectivity index (χ0) is 20.3. The Morgan fingerprint density at radius 3 is 2.11 bits per heavy atom. The van der Waals surface area contributed by atoms with Gasteiger partial charge in [0.25, 0.3) is 15.9 Å². The van der Waals surface area contributed by atoms with Crippen LogP contribution in [0.4, 0.5) is 11.4 Å². The highest BCUT2D eigenvalue weighted by Gasteiger charge is 2.19. The number of carbonyl (C=O) groups is 1. The molecule has 5 nitrogen and oxygen atoms in total. The molecule has 0 bridgehead atoms. The van der Waals surface area contributed by atoms with Crippen molar-refractivity contribution in [3.8, 4) is 0 Å². The number of benzene rings is 3. The summed E-state index contributed by atoms with van der Waals surface area (Å²) in [5, 5.41) is 3.81. The molecule has 28 heavy (non-hydrogen) atoms. The highest BCUT2D eigenvalue weighted by molar-refractivity contribution is 7.92. The molecule has 144 valence electrons. The Morgan fingerprint density at radius 2 is 1.43 bits per heavy atom. The molecule has 2 N–H and O–H groups in total. The minimum atomic E-state index is -3.93. The van der Waals surface area contributed by atoms with E-state index >= 15 is 0 Å². The van der Waals surface area contributed by atoms with E-state index in [2.05, 4.69) is 10.0 Å². The molecule has 0 atom stereocenters. The van der Waals surface area contributed by atoms with Crippen molar-refractivity contribution >= 4 is 62.1 Å². The van der Waals surface area contributed by atoms with E-state index in [9.17, 15) is 13.2 Å². The maximum atomic E-state index is 12.7. The van der Waals surface area contributed by atoms with Crippen LogP contribution in [-0.4, -0.2) is 14.3 Å². The topological polar surface area (TPSA) is 75.3 Å². The van der Waals surface area contributed by atoms with Crippen LogP contribution >= 0.6 is 34.8 Å². The van der Waals surface area contributed by atoms with E-state index in [1.165, 1.54) is 42.5 Å². The van der Waals surface area contributed by atoms with Gasteiger partial charge in [0, 0.05) is 20.8 Å². The standard InChI is InChI=1S/C19H13Cl3N2O3S/c20-12-4-7-16(8-5-12)28(26,27)24-18-9-6-14(22)11-17(18)19(25)23-15-3-1-2-13(21)10-15/h1-11,24H,(H,23,25). The van der Waals surface area contributed by atoms with Crippen LogP contribution in [-0.2, 0) is 10.0 Å². The van der Waals surface area contributed by atoms with Crippen molar-refractivity contribution in [1.82, 2.24) is 0 Å². The number of amides is 1. The molecule has 0 aliphatic heterocycles. The molecule has 0 spiro atoms. The number of nitrogens with one attached hydrogen (secondary N) is 2. The van der Waals surface area contributed by atoms with Gasteiger partial charge in [-0.15, -0.1) is 0 Å². The number of hydrogen-bond acceptors (Lipinski definition) is 3. The largest absolute Gasteiger partial charge is 0.322 e. The molecule has 0 heterocycles. The summed E-state index contributed by atoms with van der Waals surface area (Å²) in [6.07, 6.45) is 0. The summed E-state index contributed by atoms with van der Waals surface area (Å²) in [6, 6.07) is 16.5. The first-order valence-electron chi connectivity index (χ1n) is 7.89. The Hall–Kier alpha value is -2.25. The fourth-order valence-corrected chi connectivity index (χ4v) is 3.94.